The number of aliphatic hydroxyl groups excluding tert-OH is 2. The predicted molar refractivity (Wildman–Crippen MR) is 343 cm³/mol. The molecule has 2 unspecified atom stereocenters. The highest BCUT2D eigenvalue weighted by molar-refractivity contribution is 5.76. The van der Waals surface area contributed by atoms with Gasteiger partial charge in [-0.25, -0.2) is 0 Å². The van der Waals surface area contributed by atoms with Crippen molar-refractivity contribution in [1.29, 1.82) is 0 Å². The van der Waals surface area contributed by atoms with Crippen LogP contribution in [0.4, 0.5) is 0 Å². The van der Waals surface area contributed by atoms with Gasteiger partial charge in [0.25, 0.3) is 0 Å². The molecule has 0 rings (SSSR count). The van der Waals surface area contributed by atoms with Crippen LogP contribution in [-0.2, 0) is 14.3 Å². The number of nitrogens with one attached hydrogen (secondary N) is 1. The molecule has 78 heavy (non-hydrogen) atoms. The molecule has 0 spiro atoms. The summed E-state index contributed by atoms with van der Waals surface area (Å²) in [6, 6.07) is -0.541. The first-order valence-electron chi connectivity index (χ1n) is 35.6. The Morgan fingerprint density at radius 2 is 0.641 bits per heavy atom. The van der Waals surface area contributed by atoms with Crippen LogP contribution >= 0.6 is 0 Å². The largest absolute Gasteiger partial charge is 0.466 e. The SMILES string of the molecule is CCCCC/C=C\C/C=C\CCCCCCCCCC(=O)OCCCCCCCCCCCCCCCCCCCCCCCCCCCC(=O)NC(CO)C(O)CCCCCCCCCCCCCCCCCCCCC. The van der Waals surface area contributed by atoms with Crippen LogP contribution in [0.1, 0.15) is 399 Å². The number of unbranched alkanes of at least 4 members (excludes halogenated alkanes) is 52. The molecule has 1 amide bonds. The molecular formula is C72H139NO5. The molecule has 0 bridgehead atoms. The van der Waals surface area contributed by atoms with Crippen molar-refractivity contribution in [2.75, 3.05) is 13.2 Å². The number of allylic oxidation sites excluding steroid dienone is 4. The van der Waals surface area contributed by atoms with E-state index in [9.17, 15) is 19.8 Å². The molecule has 0 aliphatic heterocycles. The number of amides is 1. The van der Waals surface area contributed by atoms with E-state index in [4.69, 9.17) is 4.74 Å². The smallest absolute Gasteiger partial charge is 0.305 e. The molecule has 462 valence electrons. The molecule has 0 aromatic carbocycles. The molecule has 0 aliphatic rings. The summed E-state index contributed by atoms with van der Waals surface area (Å²) in [6.07, 6.45) is 85.1. The maximum absolute atomic E-state index is 12.5. The Morgan fingerprint density at radius 3 is 1.00 bits per heavy atom. The molecule has 3 N–H and O–H groups in total. The normalized spacial score (nSPS) is 12.6. The Morgan fingerprint density at radius 1 is 0.359 bits per heavy atom. The summed E-state index contributed by atoms with van der Waals surface area (Å²) >= 11 is 0. The van der Waals surface area contributed by atoms with E-state index < -0.39 is 12.1 Å². The summed E-state index contributed by atoms with van der Waals surface area (Å²) < 4.78 is 5.50. The molecule has 0 saturated carbocycles. The first kappa shape index (κ1) is 76.3. The van der Waals surface area contributed by atoms with Crippen molar-refractivity contribution in [2.24, 2.45) is 0 Å². The Balaban J connectivity index is 3.36. The molecule has 0 aromatic heterocycles. The number of aliphatic hydroxyl groups is 2. The zero-order valence-electron chi connectivity index (χ0n) is 52.9. The predicted octanol–water partition coefficient (Wildman–Crippen LogP) is 22.9. The Kier molecular flexibility index (Phi) is 66.4. The van der Waals surface area contributed by atoms with Crippen molar-refractivity contribution in [3.8, 4) is 0 Å². The molecule has 0 saturated heterocycles. The number of carbonyl (C=O) groups is 2. The first-order chi connectivity index (χ1) is 38.5. The van der Waals surface area contributed by atoms with Gasteiger partial charge in [0.1, 0.15) is 0 Å². The molecular weight excluding hydrogens is 959 g/mol. The average Bonchev–Trinajstić information content (AvgIpc) is 3.44. The van der Waals surface area contributed by atoms with E-state index in [1.165, 1.54) is 315 Å². The third kappa shape index (κ3) is 63.5. The minimum absolute atomic E-state index is 0.00952. The van der Waals surface area contributed by atoms with E-state index in [-0.39, 0.29) is 18.5 Å². The number of hydrogen-bond acceptors (Lipinski definition) is 5. The van der Waals surface area contributed by atoms with E-state index in [1.54, 1.807) is 0 Å². The Hall–Kier alpha value is -1.66. The van der Waals surface area contributed by atoms with Crippen LogP contribution in [0.25, 0.3) is 0 Å². The van der Waals surface area contributed by atoms with Gasteiger partial charge in [0.05, 0.1) is 25.4 Å². The highest BCUT2D eigenvalue weighted by Crippen LogP contribution is 2.19. The number of hydrogen-bond donors (Lipinski definition) is 3. The van der Waals surface area contributed by atoms with Crippen LogP contribution in [-0.4, -0.2) is 47.4 Å². The number of ether oxygens (including phenoxy) is 1. The fraction of sp³-hybridized carbons (Fsp3) is 0.917. The molecule has 0 fully saturated rings. The number of esters is 1. The zero-order chi connectivity index (χ0) is 56.4. The summed E-state index contributed by atoms with van der Waals surface area (Å²) in [7, 11) is 0. The van der Waals surface area contributed by atoms with Crippen molar-refractivity contribution in [2.45, 2.75) is 411 Å². The minimum Gasteiger partial charge on any atom is -0.466 e. The van der Waals surface area contributed by atoms with E-state index in [1.807, 2.05) is 0 Å². The summed E-state index contributed by atoms with van der Waals surface area (Å²) in [6.45, 7) is 4.96. The van der Waals surface area contributed by atoms with Crippen LogP contribution in [0.5, 0.6) is 0 Å². The molecule has 0 heterocycles. The second-order valence-electron chi connectivity index (χ2n) is 24.6. The third-order valence-electron chi connectivity index (χ3n) is 16.8. The highest BCUT2D eigenvalue weighted by atomic mass is 16.5. The van der Waals surface area contributed by atoms with Crippen LogP contribution in [0.15, 0.2) is 24.3 Å². The van der Waals surface area contributed by atoms with E-state index in [2.05, 4.69) is 43.5 Å². The summed E-state index contributed by atoms with van der Waals surface area (Å²) in [5, 5.41) is 23.4. The molecule has 2 atom stereocenters. The van der Waals surface area contributed by atoms with Gasteiger partial charge in [-0.2, -0.15) is 0 Å². The lowest BCUT2D eigenvalue weighted by molar-refractivity contribution is -0.143. The van der Waals surface area contributed by atoms with E-state index >= 15 is 0 Å². The lowest BCUT2D eigenvalue weighted by Crippen LogP contribution is -2.45. The van der Waals surface area contributed by atoms with Crippen molar-refractivity contribution >= 4 is 11.9 Å². The van der Waals surface area contributed by atoms with Gasteiger partial charge in [0.15, 0.2) is 0 Å². The van der Waals surface area contributed by atoms with Gasteiger partial charge in [-0.1, -0.05) is 353 Å². The second-order valence-corrected chi connectivity index (χ2v) is 24.6. The summed E-state index contributed by atoms with van der Waals surface area (Å²) in [5.41, 5.74) is 0. The maximum atomic E-state index is 12.5. The van der Waals surface area contributed by atoms with Gasteiger partial charge in [0, 0.05) is 12.8 Å². The molecule has 0 aromatic rings. The number of carbonyl (C=O) groups excluding carboxylic acids is 2. The van der Waals surface area contributed by atoms with Crippen molar-refractivity contribution in [3.63, 3.8) is 0 Å². The Labute approximate surface area is 488 Å². The van der Waals surface area contributed by atoms with Gasteiger partial charge < -0.3 is 20.3 Å². The maximum Gasteiger partial charge on any atom is 0.305 e. The van der Waals surface area contributed by atoms with Crippen LogP contribution < -0.4 is 5.32 Å². The second kappa shape index (κ2) is 67.8. The first-order valence-corrected chi connectivity index (χ1v) is 35.6. The topological polar surface area (TPSA) is 95.9 Å². The average molecular weight is 1100 g/mol. The summed E-state index contributed by atoms with van der Waals surface area (Å²) in [4.78, 5) is 24.6. The van der Waals surface area contributed by atoms with Gasteiger partial charge in [0.2, 0.25) is 5.91 Å². The quantitative estimate of drug-likeness (QED) is 0.0320. The van der Waals surface area contributed by atoms with Gasteiger partial charge in [-0.15, -0.1) is 0 Å². The molecule has 6 heteroatoms. The van der Waals surface area contributed by atoms with Gasteiger partial charge >= 0.3 is 5.97 Å². The lowest BCUT2D eigenvalue weighted by atomic mass is 10.0. The van der Waals surface area contributed by atoms with Crippen molar-refractivity contribution in [3.05, 3.63) is 24.3 Å². The monoisotopic (exact) mass is 1100 g/mol. The molecule has 0 aliphatic carbocycles. The van der Waals surface area contributed by atoms with Crippen LogP contribution in [0, 0.1) is 0 Å². The van der Waals surface area contributed by atoms with Gasteiger partial charge in [-0.05, 0) is 57.8 Å². The standard InChI is InChI=1S/C72H139NO5/c1-3-5-7-9-11-13-15-17-19-21-29-33-36-40-44-48-52-56-60-64-70(75)69(68-74)73-71(76)65-61-57-53-49-45-41-37-34-30-27-25-23-22-24-26-28-31-35-39-43-47-51-55-59-63-67-78-72(77)66-62-58-54-50-46-42-38-32-20-18-16-14-12-10-8-6-4-2/h12,14,18,20,69-70,74-75H,3-11,13,15-17,19,21-68H2,1-2H3,(H,73,76)/b14-12-,20-18-. The van der Waals surface area contributed by atoms with Crippen LogP contribution in [0.3, 0.4) is 0 Å². The van der Waals surface area contributed by atoms with E-state index in [0.29, 0.717) is 25.9 Å². The molecule has 6 nitrogen and oxygen atoms in total. The zero-order valence-corrected chi connectivity index (χ0v) is 52.9. The fourth-order valence-corrected chi connectivity index (χ4v) is 11.3. The fourth-order valence-electron chi connectivity index (χ4n) is 11.3. The molecule has 0 radical (unpaired) electrons. The minimum atomic E-state index is -0.664. The lowest BCUT2D eigenvalue weighted by Gasteiger charge is -2.22. The number of rotatable bonds is 67. The van der Waals surface area contributed by atoms with E-state index in [0.717, 1.165) is 51.4 Å². The Bertz CT molecular complexity index is 1220. The third-order valence-corrected chi connectivity index (χ3v) is 16.8. The van der Waals surface area contributed by atoms with Crippen LogP contribution in [0.2, 0.25) is 0 Å². The van der Waals surface area contributed by atoms with Gasteiger partial charge in [-0.3, -0.25) is 9.59 Å². The van der Waals surface area contributed by atoms with Crippen molar-refractivity contribution in [1.82, 2.24) is 5.32 Å². The highest BCUT2D eigenvalue weighted by Gasteiger charge is 2.20. The summed E-state index contributed by atoms with van der Waals surface area (Å²) in [5.74, 6) is -0.0196. The van der Waals surface area contributed by atoms with Crippen molar-refractivity contribution < 1.29 is 24.5 Å².